The largest absolute Gasteiger partial charge is 0.482 e. The summed E-state index contributed by atoms with van der Waals surface area (Å²) in [6, 6.07) is 4.75. The Morgan fingerprint density at radius 2 is 1.92 bits per heavy atom. The molecule has 1 amide bonds. The lowest BCUT2D eigenvalue weighted by molar-refractivity contribution is -0.126. The number of nitrogens with one attached hydrogen (secondary N) is 1. The molecule has 6 rings (SSSR count). The van der Waals surface area contributed by atoms with E-state index in [9.17, 15) is 4.79 Å². The highest BCUT2D eigenvalue weighted by molar-refractivity contribution is 5.93. The number of carbonyl (C=O) groups excluding carboxylic acids is 1. The lowest BCUT2D eigenvalue weighted by Crippen LogP contribution is -2.54. The molecule has 9 nitrogen and oxygen atoms in total. The number of carbonyl (C=O) groups is 1. The molecule has 9 heteroatoms. The zero-order valence-corrected chi connectivity index (χ0v) is 22.5. The maximum absolute atomic E-state index is 12.1. The van der Waals surface area contributed by atoms with Crippen molar-refractivity contribution in [2.24, 2.45) is 0 Å². The summed E-state index contributed by atoms with van der Waals surface area (Å²) in [6.45, 7) is 12.6. The first kappa shape index (κ1) is 25.0. The number of hydrogen-bond donors (Lipinski definition) is 1. The molecule has 4 aliphatic heterocycles. The predicted octanol–water partition coefficient (Wildman–Crippen LogP) is 3.23. The molecule has 3 saturated heterocycles. The third kappa shape index (κ3) is 4.67. The smallest absolute Gasteiger partial charge is 0.298 e. The molecular formula is C29H36N6O3. The fraction of sp³-hybridized carbons (Fsp3) is 0.552. The molecule has 0 bridgehead atoms. The van der Waals surface area contributed by atoms with Gasteiger partial charge in [-0.25, -0.2) is 4.98 Å². The lowest BCUT2D eigenvalue weighted by Gasteiger charge is -2.47. The fourth-order valence-electron chi connectivity index (χ4n) is 6.16. The van der Waals surface area contributed by atoms with Crippen molar-refractivity contribution < 1.29 is 14.3 Å². The van der Waals surface area contributed by atoms with Gasteiger partial charge >= 0.3 is 0 Å². The number of nitrogens with zero attached hydrogens (tertiary/aromatic N) is 5. The SMILES string of the molecule is CC#CC(=O)N1CCC(N2CC(c3cc4c(c(C)n3)O[C@@H](C)c3c(N5CCOCC5)ccnc3N4)C2)CC1. The van der Waals surface area contributed by atoms with Crippen molar-refractivity contribution in [2.45, 2.75) is 51.7 Å². The first-order chi connectivity index (χ1) is 18.5. The molecule has 0 saturated carbocycles. The Hall–Kier alpha value is -3.35. The Morgan fingerprint density at radius 1 is 1.16 bits per heavy atom. The molecule has 6 heterocycles. The quantitative estimate of drug-likeness (QED) is 0.623. The molecule has 0 aromatic carbocycles. The van der Waals surface area contributed by atoms with E-state index in [0.29, 0.717) is 12.0 Å². The summed E-state index contributed by atoms with van der Waals surface area (Å²) < 4.78 is 12.1. The van der Waals surface area contributed by atoms with Crippen molar-refractivity contribution in [3.63, 3.8) is 0 Å². The van der Waals surface area contributed by atoms with Crippen molar-refractivity contribution in [3.05, 3.63) is 35.3 Å². The number of rotatable bonds is 3. The minimum atomic E-state index is -0.156. The van der Waals surface area contributed by atoms with Gasteiger partial charge in [-0.15, -0.1) is 0 Å². The Kier molecular flexibility index (Phi) is 6.85. The van der Waals surface area contributed by atoms with Crippen LogP contribution in [0.1, 0.15) is 55.7 Å². The number of fused-ring (bicyclic) bond motifs is 2. The van der Waals surface area contributed by atoms with E-state index in [2.05, 4.69) is 46.0 Å². The van der Waals surface area contributed by atoms with E-state index in [4.69, 9.17) is 19.4 Å². The number of morpholine rings is 1. The monoisotopic (exact) mass is 516 g/mol. The number of hydrogen-bond acceptors (Lipinski definition) is 8. The molecule has 38 heavy (non-hydrogen) atoms. The van der Waals surface area contributed by atoms with Gasteiger partial charge in [0.05, 0.1) is 30.2 Å². The second-order valence-corrected chi connectivity index (χ2v) is 10.6. The number of pyridine rings is 2. The van der Waals surface area contributed by atoms with Crippen LogP contribution in [-0.2, 0) is 9.53 Å². The minimum Gasteiger partial charge on any atom is -0.482 e. The number of amides is 1. The van der Waals surface area contributed by atoms with Crippen LogP contribution in [0.2, 0.25) is 0 Å². The number of aryl methyl sites for hydroxylation is 1. The van der Waals surface area contributed by atoms with Crippen molar-refractivity contribution in [1.29, 1.82) is 0 Å². The number of anilines is 3. The van der Waals surface area contributed by atoms with E-state index in [0.717, 1.165) is 105 Å². The van der Waals surface area contributed by atoms with Crippen molar-refractivity contribution in [2.75, 3.05) is 62.7 Å². The molecule has 0 spiro atoms. The van der Waals surface area contributed by atoms with E-state index < -0.39 is 0 Å². The molecule has 4 aliphatic rings. The number of aromatic nitrogens is 2. The first-order valence-corrected chi connectivity index (χ1v) is 13.7. The molecule has 0 unspecified atom stereocenters. The molecule has 0 radical (unpaired) electrons. The average molecular weight is 517 g/mol. The number of ether oxygens (including phenoxy) is 2. The fourth-order valence-corrected chi connectivity index (χ4v) is 6.16. The highest BCUT2D eigenvalue weighted by atomic mass is 16.5. The van der Waals surface area contributed by atoms with E-state index in [1.54, 1.807) is 6.92 Å². The molecule has 200 valence electrons. The summed E-state index contributed by atoms with van der Waals surface area (Å²) >= 11 is 0. The molecule has 0 aliphatic carbocycles. The highest BCUT2D eigenvalue weighted by Gasteiger charge is 2.37. The van der Waals surface area contributed by atoms with E-state index in [1.807, 2.05) is 18.0 Å². The Balaban J connectivity index is 1.16. The van der Waals surface area contributed by atoms with Gasteiger partial charge in [0, 0.05) is 68.8 Å². The van der Waals surface area contributed by atoms with Gasteiger partial charge in [0.15, 0.2) is 5.75 Å². The molecule has 1 atom stereocenters. The van der Waals surface area contributed by atoms with Crippen LogP contribution >= 0.6 is 0 Å². The van der Waals surface area contributed by atoms with Gasteiger partial charge in [0.25, 0.3) is 5.91 Å². The van der Waals surface area contributed by atoms with Crippen LogP contribution in [0.5, 0.6) is 5.75 Å². The summed E-state index contributed by atoms with van der Waals surface area (Å²) in [5, 5.41) is 3.60. The Bertz CT molecular complexity index is 1270. The highest BCUT2D eigenvalue weighted by Crippen LogP contribution is 2.44. The first-order valence-electron chi connectivity index (χ1n) is 13.7. The number of likely N-dealkylation sites (tertiary alicyclic amines) is 2. The third-order valence-electron chi connectivity index (χ3n) is 8.26. The topological polar surface area (TPSA) is 83.1 Å². The van der Waals surface area contributed by atoms with Gasteiger partial charge in [-0.05, 0) is 51.7 Å². The van der Waals surface area contributed by atoms with Crippen LogP contribution in [0.3, 0.4) is 0 Å². The molecule has 2 aromatic heterocycles. The van der Waals surface area contributed by atoms with Gasteiger partial charge in [0.1, 0.15) is 11.9 Å². The summed E-state index contributed by atoms with van der Waals surface area (Å²) in [4.78, 5) is 28.5. The summed E-state index contributed by atoms with van der Waals surface area (Å²) in [6.07, 6.45) is 3.72. The summed E-state index contributed by atoms with van der Waals surface area (Å²) in [5.74, 6) is 7.37. The second kappa shape index (κ2) is 10.4. The maximum Gasteiger partial charge on any atom is 0.298 e. The Labute approximate surface area is 224 Å². The average Bonchev–Trinajstić information content (AvgIpc) is 3.05. The van der Waals surface area contributed by atoms with Crippen LogP contribution in [0, 0.1) is 18.8 Å². The summed E-state index contributed by atoms with van der Waals surface area (Å²) in [5.41, 5.74) is 5.17. The molecule has 3 fully saturated rings. The van der Waals surface area contributed by atoms with Gasteiger partial charge < -0.3 is 24.6 Å². The molecule has 2 aromatic rings. The number of piperidine rings is 1. The predicted molar refractivity (Wildman–Crippen MR) is 146 cm³/mol. The van der Waals surface area contributed by atoms with Gasteiger partial charge in [-0.2, -0.15) is 0 Å². The zero-order valence-electron chi connectivity index (χ0n) is 22.5. The molecular weight excluding hydrogens is 480 g/mol. The van der Waals surface area contributed by atoms with E-state index in [-0.39, 0.29) is 12.0 Å². The van der Waals surface area contributed by atoms with Crippen LogP contribution in [-0.4, -0.2) is 84.2 Å². The summed E-state index contributed by atoms with van der Waals surface area (Å²) in [7, 11) is 0. The van der Waals surface area contributed by atoms with Crippen molar-refractivity contribution >= 4 is 23.1 Å². The Morgan fingerprint density at radius 3 is 2.66 bits per heavy atom. The maximum atomic E-state index is 12.1. The van der Waals surface area contributed by atoms with Crippen LogP contribution in [0.4, 0.5) is 17.2 Å². The minimum absolute atomic E-state index is 0.0470. The van der Waals surface area contributed by atoms with Crippen LogP contribution < -0.4 is 15.0 Å². The second-order valence-electron chi connectivity index (χ2n) is 10.6. The molecule has 1 N–H and O–H groups in total. The zero-order chi connectivity index (χ0) is 26.2. The van der Waals surface area contributed by atoms with Gasteiger partial charge in [-0.3, -0.25) is 14.7 Å². The van der Waals surface area contributed by atoms with Crippen molar-refractivity contribution in [3.8, 4) is 17.6 Å². The third-order valence-corrected chi connectivity index (χ3v) is 8.26. The van der Waals surface area contributed by atoms with E-state index in [1.165, 1.54) is 0 Å². The van der Waals surface area contributed by atoms with Crippen LogP contribution in [0.15, 0.2) is 18.3 Å². The van der Waals surface area contributed by atoms with Gasteiger partial charge in [-0.1, -0.05) is 5.92 Å². The normalized spacial score (nSPS) is 22.1. The lowest BCUT2D eigenvalue weighted by atomic mass is 9.90. The van der Waals surface area contributed by atoms with Gasteiger partial charge in [0.2, 0.25) is 0 Å². The van der Waals surface area contributed by atoms with Crippen LogP contribution in [0.25, 0.3) is 0 Å². The van der Waals surface area contributed by atoms with Crippen molar-refractivity contribution in [1.82, 2.24) is 19.8 Å². The standard InChI is InChI=1S/C29H36N6O3/c1-4-5-26(36)34-10-7-22(8-11-34)35-17-21(18-35)23-16-24-28(19(2)31-23)38-20(3)27-25(6-9-30-29(27)32-24)33-12-14-37-15-13-33/h6,9,16,20-22H,7-8,10-15,17-18H2,1-3H3,(H,30,32)/t20-/m0/s1. The van der Waals surface area contributed by atoms with E-state index >= 15 is 0 Å².